The second kappa shape index (κ2) is 14.0. The summed E-state index contributed by atoms with van der Waals surface area (Å²) in [5.74, 6) is 1.92. The number of unbranched alkanes of at least 4 members (excludes halogenated alkanes) is 3. The van der Waals surface area contributed by atoms with Gasteiger partial charge in [-0.25, -0.2) is 9.98 Å². The van der Waals surface area contributed by atoms with Crippen molar-refractivity contribution in [3.63, 3.8) is 0 Å². The van der Waals surface area contributed by atoms with E-state index in [0.29, 0.717) is 6.54 Å². The Morgan fingerprint density at radius 3 is 2.73 bits per heavy atom. The van der Waals surface area contributed by atoms with E-state index in [2.05, 4.69) is 40.4 Å². The van der Waals surface area contributed by atoms with E-state index in [0.717, 1.165) is 56.7 Å². The molecule has 2 N–H and O–H groups in total. The molecule has 0 radical (unpaired) electrons. The second-order valence-electron chi connectivity index (χ2n) is 6.27. The van der Waals surface area contributed by atoms with Crippen molar-refractivity contribution in [1.82, 2.24) is 15.6 Å². The minimum absolute atomic E-state index is 0. The van der Waals surface area contributed by atoms with Crippen LogP contribution in [0.4, 0.5) is 5.82 Å². The van der Waals surface area contributed by atoms with Crippen LogP contribution in [-0.2, 0) is 11.3 Å². The fourth-order valence-electron chi connectivity index (χ4n) is 2.88. The highest BCUT2D eigenvalue weighted by Crippen LogP contribution is 2.19. The number of morpholine rings is 1. The van der Waals surface area contributed by atoms with Crippen LogP contribution in [-0.4, -0.2) is 50.3 Å². The summed E-state index contributed by atoms with van der Waals surface area (Å²) < 4.78 is 5.45. The molecule has 1 aromatic heterocycles. The molecule has 0 aromatic carbocycles. The lowest BCUT2D eigenvalue weighted by Crippen LogP contribution is -2.38. The Labute approximate surface area is 175 Å². The molecule has 0 amide bonds. The average Bonchev–Trinajstić information content (AvgIpc) is 2.67. The number of halogens is 1. The van der Waals surface area contributed by atoms with Crippen molar-refractivity contribution in [3.8, 4) is 0 Å². The van der Waals surface area contributed by atoms with Gasteiger partial charge in [-0.15, -0.1) is 24.0 Å². The number of pyridine rings is 1. The van der Waals surface area contributed by atoms with Crippen LogP contribution in [0.1, 0.15) is 45.1 Å². The molecule has 2 rings (SSSR count). The molecule has 26 heavy (non-hydrogen) atoms. The summed E-state index contributed by atoms with van der Waals surface area (Å²) in [6.07, 6.45) is 6.87. The maximum atomic E-state index is 5.45. The van der Waals surface area contributed by atoms with Gasteiger partial charge in [0.2, 0.25) is 0 Å². The summed E-state index contributed by atoms with van der Waals surface area (Å²) in [4.78, 5) is 11.6. The molecule has 0 saturated carbocycles. The smallest absolute Gasteiger partial charge is 0.191 e. The molecule has 0 bridgehead atoms. The third-order valence-electron chi connectivity index (χ3n) is 4.25. The van der Waals surface area contributed by atoms with E-state index < -0.39 is 0 Å². The summed E-state index contributed by atoms with van der Waals surface area (Å²) in [7, 11) is 0. The largest absolute Gasteiger partial charge is 0.378 e. The summed E-state index contributed by atoms with van der Waals surface area (Å²) in [5.41, 5.74) is 1.16. The first-order chi connectivity index (χ1) is 12.3. The number of aromatic nitrogens is 1. The van der Waals surface area contributed by atoms with E-state index >= 15 is 0 Å². The molecule has 1 fully saturated rings. The van der Waals surface area contributed by atoms with Gasteiger partial charge in [0.1, 0.15) is 5.82 Å². The first kappa shape index (κ1) is 23.0. The van der Waals surface area contributed by atoms with E-state index in [4.69, 9.17) is 9.73 Å². The van der Waals surface area contributed by atoms with Gasteiger partial charge in [0.05, 0.1) is 19.8 Å². The van der Waals surface area contributed by atoms with Crippen LogP contribution in [0.25, 0.3) is 0 Å². The number of hydrogen-bond acceptors (Lipinski definition) is 4. The van der Waals surface area contributed by atoms with E-state index in [1.54, 1.807) is 0 Å². The van der Waals surface area contributed by atoms with Crippen LogP contribution in [0.3, 0.4) is 0 Å². The highest BCUT2D eigenvalue weighted by atomic mass is 127. The van der Waals surface area contributed by atoms with E-state index in [-0.39, 0.29) is 24.0 Å². The Balaban J connectivity index is 0.00000338. The van der Waals surface area contributed by atoms with Crippen molar-refractivity contribution in [1.29, 1.82) is 0 Å². The van der Waals surface area contributed by atoms with Crippen molar-refractivity contribution < 1.29 is 4.74 Å². The quantitative estimate of drug-likeness (QED) is 0.249. The van der Waals surface area contributed by atoms with Gasteiger partial charge in [-0.2, -0.15) is 0 Å². The lowest BCUT2D eigenvalue weighted by molar-refractivity contribution is 0.122. The topological polar surface area (TPSA) is 61.8 Å². The van der Waals surface area contributed by atoms with Crippen molar-refractivity contribution >= 4 is 35.8 Å². The molecule has 1 aliphatic heterocycles. The van der Waals surface area contributed by atoms with Crippen molar-refractivity contribution in [2.24, 2.45) is 4.99 Å². The van der Waals surface area contributed by atoms with Gasteiger partial charge in [0.15, 0.2) is 5.96 Å². The van der Waals surface area contributed by atoms with E-state index in [9.17, 15) is 0 Å². The standard InChI is InChI=1S/C19H33N5O.HI/c1-3-5-6-7-10-22-19(20-4-2)23-16-17-9-8-11-21-18(17)24-12-14-25-15-13-24;/h8-9,11H,3-7,10,12-16H2,1-2H3,(H2,20,22,23);1H. The molecule has 1 aliphatic rings. The molecule has 7 heteroatoms. The second-order valence-corrected chi connectivity index (χ2v) is 6.27. The molecular formula is C19H34IN5O. The van der Waals surface area contributed by atoms with Gasteiger partial charge < -0.3 is 20.3 Å². The molecule has 0 spiro atoms. The van der Waals surface area contributed by atoms with Gasteiger partial charge in [-0.05, 0) is 19.4 Å². The zero-order valence-corrected chi connectivity index (χ0v) is 18.5. The molecule has 1 aromatic rings. The number of hydrogen-bond donors (Lipinski definition) is 2. The number of ether oxygens (including phenoxy) is 1. The zero-order chi connectivity index (χ0) is 17.7. The molecular weight excluding hydrogens is 441 g/mol. The van der Waals surface area contributed by atoms with Gasteiger partial charge in [-0.1, -0.05) is 32.3 Å². The molecule has 2 heterocycles. The average molecular weight is 475 g/mol. The molecule has 0 unspecified atom stereocenters. The summed E-state index contributed by atoms with van der Waals surface area (Å²) in [5, 5.41) is 6.76. The fraction of sp³-hybridized carbons (Fsp3) is 0.684. The van der Waals surface area contributed by atoms with Crippen LogP contribution in [0.15, 0.2) is 23.3 Å². The van der Waals surface area contributed by atoms with Crippen molar-refractivity contribution in [2.45, 2.75) is 46.1 Å². The summed E-state index contributed by atoms with van der Waals surface area (Å²) >= 11 is 0. The highest BCUT2D eigenvalue weighted by molar-refractivity contribution is 14.0. The number of guanidine groups is 1. The Bertz CT molecular complexity index is 520. The number of anilines is 1. The van der Waals surface area contributed by atoms with Crippen LogP contribution in [0.2, 0.25) is 0 Å². The molecule has 148 valence electrons. The van der Waals surface area contributed by atoms with E-state index in [1.165, 1.54) is 25.7 Å². The predicted molar refractivity (Wildman–Crippen MR) is 120 cm³/mol. The van der Waals surface area contributed by atoms with E-state index in [1.807, 2.05) is 12.3 Å². The normalized spacial score (nSPS) is 14.7. The Morgan fingerprint density at radius 1 is 1.19 bits per heavy atom. The SMILES string of the molecule is CCCCCCNC(=NCc1cccnc1N1CCOCC1)NCC.I. The monoisotopic (exact) mass is 475 g/mol. The number of nitrogens with zero attached hydrogens (tertiary/aromatic N) is 3. The first-order valence-corrected chi connectivity index (χ1v) is 9.64. The predicted octanol–water partition coefficient (Wildman–Crippen LogP) is 3.17. The maximum Gasteiger partial charge on any atom is 0.191 e. The zero-order valence-electron chi connectivity index (χ0n) is 16.2. The molecule has 0 atom stereocenters. The number of aliphatic imine (C=N–C) groups is 1. The lowest BCUT2D eigenvalue weighted by Gasteiger charge is -2.29. The van der Waals surface area contributed by atoms with Crippen molar-refractivity contribution in [2.75, 3.05) is 44.3 Å². The van der Waals surface area contributed by atoms with Crippen LogP contribution in [0, 0.1) is 0 Å². The fourth-order valence-corrected chi connectivity index (χ4v) is 2.88. The maximum absolute atomic E-state index is 5.45. The molecule has 1 saturated heterocycles. The highest BCUT2D eigenvalue weighted by Gasteiger charge is 2.15. The molecule has 0 aliphatic carbocycles. The summed E-state index contributed by atoms with van der Waals surface area (Å²) in [6, 6.07) is 4.10. The number of nitrogens with one attached hydrogen (secondary N) is 2. The van der Waals surface area contributed by atoms with Gasteiger partial charge in [-0.3, -0.25) is 0 Å². The van der Waals surface area contributed by atoms with Gasteiger partial charge in [0.25, 0.3) is 0 Å². The third-order valence-corrected chi connectivity index (χ3v) is 4.25. The van der Waals surface area contributed by atoms with Crippen molar-refractivity contribution in [3.05, 3.63) is 23.9 Å². The van der Waals surface area contributed by atoms with Crippen LogP contribution in [0.5, 0.6) is 0 Å². The lowest BCUT2D eigenvalue weighted by atomic mass is 10.2. The number of rotatable bonds is 9. The Kier molecular flexibility index (Phi) is 12.4. The first-order valence-electron chi connectivity index (χ1n) is 9.64. The van der Waals surface area contributed by atoms with Crippen LogP contribution < -0.4 is 15.5 Å². The molecule has 6 nitrogen and oxygen atoms in total. The Morgan fingerprint density at radius 2 is 2.00 bits per heavy atom. The van der Waals surface area contributed by atoms with Gasteiger partial charge in [0, 0.05) is 37.9 Å². The minimum Gasteiger partial charge on any atom is -0.378 e. The summed E-state index contributed by atoms with van der Waals surface area (Å²) in [6.45, 7) is 10.1. The Hall–Kier alpha value is -1.09. The van der Waals surface area contributed by atoms with Crippen LogP contribution >= 0.6 is 24.0 Å². The minimum atomic E-state index is 0. The third kappa shape index (κ3) is 8.07. The van der Waals surface area contributed by atoms with Gasteiger partial charge >= 0.3 is 0 Å².